The minimum Gasteiger partial charge on any atom is -0.378 e. The fourth-order valence-electron chi connectivity index (χ4n) is 2.41. The van der Waals surface area contributed by atoms with E-state index in [2.05, 4.69) is 27.3 Å². The van der Waals surface area contributed by atoms with Crippen LogP contribution in [0.25, 0.3) is 5.78 Å². The van der Waals surface area contributed by atoms with Gasteiger partial charge in [-0.3, -0.25) is 9.89 Å². The normalized spacial score (nSPS) is 11.1. The summed E-state index contributed by atoms with van der Waals surface area (Å²) in [5, 5.41) is 6.95. The molecule has 0 fully saturated rings. The number of hydrogen-bond donors (Lipinski definition) is 2. The van der Waals surface area contributed by atoms with Crippen molar-refractivity contribution >= 4 is 23.1 Å². The van der Waals surface area contributed by atoms with E-state index in [0.717, 1.165) is 29.8 Å². The zero-order valence-electron chi connectivity index (χ0n) is 13.1. The lowest BCUT2D eigenvalue weighted by Gasteiger charge is -2.08. The van der Waals surface area contributed by atoms with Crippen LogP contribution in [0.4, 0.5) is 5.69 Å². The van der Waals surface area contributed by atoms with Gasteiger partial charge in [-0.15, -0.1) is 0 Å². The topological polar surface area (TPSA) is 75.1 Å². The third kappa shape index (κ3) is 3.22. The second-order valence-corrected chi connectivity index (χ2v) is 5.81. The van der Waals surface area contributed by atoms with Gasteiger partial charge in [0, 0.05) is 16.8 Å². The van der Waals surface area contributed by atoms with Crippen molar-refractivity contribution in [3.05, 3.63) is 56.7 Å². The summed E-state index contributed by atoms with van der Waals surface area (Å²) in [6.45, 7) is 4.45. The maximum Gasteiger partial charge on any atom is 0.274 e. The Kier molecular flexibility index (Phi) is 4.34. The molecule has 7 heteroatoms. The number of nitrogens with zero attached hydrogens (tertiary/aromatic N) is 3. The van der Waals surface area contributed by atoms with Gasteiger partial charge < -0.3 is 5.32 Å². The average Bonchev–Trinajstić information content (AvgIpc) is 2.93. The summed E-state index contributed by atoms with van der Waals surface area (Å²) in [6.07, 6.45) is 1.71. The maximum atomic E-state index is 12.1. The fourth-order valence-corrected chi connectivity index (χ4v) is 2.59. The molecule has 2 heterocycles. The van der Waals surface area contributed by atoms with E-state index in [9.17, 15) is 4.79 Å². The molecule has 0 spiro atoms. The van der Waals surface area contributed by atoms with Crippen LogP contribution in [0.15, 0.2) is 29.1 Å². The van der Waals surface area contributed by atoms with Gasteiger partial charge in [0.2, 0.25) is 0 Å². The van der Waals surface area contributed by atoms with Crippen LogP contribution in [-0.2, 0) is 13.0 Å². The molecule has 0 aliphatic heterocycles. The molecule has 3 rings (SSSR count). The second kappa shape index (κ2) is 6.42. The molecule has 0 saturated carbocycles. The standard InChI is InChI=1S/C16H18ClN5O/c1-3-5-11-8-15(23)22-16(19-11)20-14(21-22)9-18-13-7-4-6-12(17)10(13)2/h4,6-8,18H,3,5,9H2,1-2H3,(H,19,20,21). The number of hydrogen-bond acceptors (Lipinski definition) is 4. The smallest absolute Gasteiger partial charge is 0.274 e. The van der Waals surface area contributed by atoms with Gasteiger partial charge >= 0.3 is 0 Å². The molecule has 6 nitrogen and oxygen atoms in total. The minimum absolute atomic E-state index is 0.142. The quantitative estimate of drug-likeness (QED) is 0.753. The Labute approximate surface area is 138 Å². The predicted molar refractivity (Wildman–Crippen MR) is 91.1 cm³/mol. The Morgan fingerprint density at radius 3 is 2.96 bits per heavy atom. The largest absolute Gasteiger partial charge is 0.378 e. The Hall–Kier alpha value is -2.34. The first-order valence-corrected chi connectivity index (χ1v) is 7.93. The maximum absolute atomic E-state index is 12.1. The van der Waals surface area contributed by atoms with Crippen molar-refractivity contribution in [1.29, 1.82) is 0 Å². The Bertz CT molecular complexity index is 899. The van der Waals surface area contributed by atoms with Crippen LogP contribution < -0.4 is 10.9 Å². The van der Waals surface area contributed by atoms with E-state index < -0.39 is 0 Å². The Morgan fingerprint density at radius 2 is 2.17 bits per heavy atom. The van der Waals surface area contributed by atoms with Crippen LogP contribution in [0.3, 0.4) is 0 Å². The molecule has 0 aliphatic rings. The van der Waals surface area contributed by atoms with Gasteiger partial charge in [0.25, 0.3) is 11.3 Å². The first-order chi connectivity index (χ1) is 11.1. The third-order valence-corrected chi connectivity index (χ3v) is 4.06. The highest BCUT2D eigenvalue weighted by Crippen LogP contribution is 2.23. The van der Waals surface area contributed by atoms with E-state index in [0.29, 0.717) is 23.2 Å². The van der Waals surface area contributed by atoms with E-state index in [-0.39, 0.29) is 5.56 Å². The zero-order chi connectivity index (χ0) is 16.4. The van der Waals surface area contributed by atoms with Crippen molar-refractivity contribution in [2.45, 2.75) is 33.2 Å². The van der Waals surface area contributed by atoms with Gasteiger partial charge in [-0.2, -0.15) is 9.50 Å². The first-order valence-electron chi connectivity index (χ1n) is 7.55. The van der Waals surface area contributed by atoms with Gasteiger partial charge in [-0.1, -0.05) is 31.0 Å². The van der Waals surface area contributed by atoms with Crippen molar-refractivity contribution in [3.8, 4) is 0 Å². The number of aryl methyl sites for hydroxylation is 1. The summed E-state index contributed by atoms with van der Waals surface area (Å²) in [6, 6.07) is 7.24. The molecule has 0 radical (unpaired) electrons. The van der Waals surface area contributed by atoms with Gasteiger partial charge in [0.15, 0.2) is 0 Å². The molecule has 2 aromatic heterocycles. The van der Waals surface area contributed by atoms with E-state index in [1.807, 2.05) is 25.1 Å². The molecular weight excluding hydrogens is 314 g/mol. The number of rotatable bonds is 5. The molecule has 0 atom stereocenters. The predicted octanol–water partition coefficient (Wildman–Crippen LogP) is 2.94. The molecule has 23 heavy (non-hydrogen) atoms. The van der Waals surface area contributed by atoms with Gasteiger partial charge in [0.1, 0.15) is 5.82 Å². The SMILES string of the molecule is CCCc1cc(=O)n2[nH]c(CNc3cccc(Cl)c3C)nc2n1. The lowest BCUT2D eigenvalue weighted by atomic mass is 10.2. The lowest BCUT2D eigenvalue weighted by molar-refractivity contribution is 0.825. The number of fused-ring (bicyclic) bond motifs is 1. The number of aromatic amines is 1. The summed E-state index contributed by atoms with van der Waals surface area (Å²) < 4.78 is 1.36. The van der Waals surface area contributed by atoms with Crippen LogP contribution in [0.1, 0.15) is 30.4 Å². The van der Waals surface area contributed by atoms with Gasteiger partial charge in [-0.05, 0) is 31.0 Å². The Morgan fingerprint density at radius 1 is 1.35 bits per heavy atom. The summed E-state index contributed by atoms with van der Waals surface area (Å²) in [5.41, 5.74) is 2.54. The number of nitrogens with one attached hydrogen (secondary N) is 2. The van der Waals surface area contributed by atoms with Crippen molar-refractivity contribution in [2.75, 3.05) is 5.32 Å². The van der Waals surface area contributed by atoms with Crippen LogP contribution in [0.5, 0.6) is 0 Å². The molecule has 0 unspecified atom stereocenters. The monoisotopic (exact) mass is 331 g/mol. The van der Waals surface area contributed by atoms with Gasteiger partial charge in [-0.25, -0.2) is 4.98 Å². The number of aromatic nitrogens is 4. The Balaban J connectivity index is 1.85. The number of benzene rings is 1. The molecule has 1 aromatic carbocycles. The molecule has 0 saturated heterocycles. The molecule has 0 aliphatic carbocycles. The van der Waals surface area contributed by atoms with Crippen molar-refractivity contribution in [2.24, 2.45) is 0 Å². The lowest BCUT2D eigenvalue weighted by Crippen LogP contribution is -2.16. The van der Waals surface area contributed by atoms with Crippen LogP contribution in [0, 0.1) is 6.92 Å². The summed E-state index contributed by atoms with van der Waals surface area (Å²) in [4.78, 5) is 20.9. The highest BCUT2D eigenvalue weighted by atomic mass is 35.5. The summed E-state index contributed by atoms with van der Waals surface area (Å²) in [5.74, 6) is 1.04. The second-order valence-electron chi connectivity index (χ2n) is 5.41. The molecular formula is C16H18ClN5O. The first kappa shape index (κ1) is 15.6. The average molecular weight is 332 g/mol. The molecule has 2 N–H and O–H groups in total. The molecule has 120 valence electrons. The van der Waals surface area contributed by atoms with E-state index in [1.165, 1.54) is 4.52 Å². The van der Waals surface area contributed by atoms with Crippen molar-refractivity contribution < 1.29 is 0 Å². The molecule has 3 aromatic rings. The van der Waals surface area contributed by atoms with Crippen molar-refractivity contribution in [1.82, 2.24) is 19.6 Å². The van der Waals surface area contributed by atoms with Crippen LogP contribution in [-0.4, -0.2) is 19.6 Å². The highest BCUT2D eigenvalue weighted by Gasteiger charge is 2.08. The van der Waals surface area contributed by atoms with Crippen LogP contribution in [0.2, 0.25) is 5.02 Å². The highest BCUT2D eigenvalue weighted by molar-refractivity contribution is 6.31. The fraction of sp³-hybridized carbons (Fsp3) is 0.312. The van der Waals surface area contributed by atoms with E-state index in [1.54, 1.807) is 6.07 Å². The molecule has 0 bridgehead atoms. The third-order valence-electron chi connectivity index (χ3n) is 3.65. The van der Waals surface area contributed by atoms with E-state index in [4.69, 9.17) is 11.6 Å². The number of anilines is 1. The minimum atomic E-state index is -0.142. The van der Waals surface area contributed by atoms with E-state index >= 15 is 0 Å². The molecule has 0 amide bonds. The van der Waals surface area contributed by atoms with Crippen molar-refractivity contribution in [3.63, 3.8) is 0 Å². The summed E-state index contributed by atoms with van der Waals surface area (Å²) in [7, 11) is 0. The summed E-state index contributed by atoms with van der Waals surface area (Å²) >= 11 is 6.11. The van der Waals surface area contributed by atoms with Gasteiger partial charge in [0.05, 0.1) is 12.2 Å². The zero-order valence-corrected chi connectivity index (χ0v) is 13.8. The number of halogens is 1. The van der Waals surface area contributed by atoms with Crippen LogP contribution >= 0.6 is 11.6 Å². The number of H-pyrrole nitrogens is 1.